The first kappa shape index (κ1) is 25.1. The minimum absolute atomic E-state index is 0.0265. The Kier molecular flexibility index (Phi) is 6.59. The molecule has 0 N–H and O–H groups in total. The monoisotopic (exact) mass is 578 g/mol. The fourth-order valence-corrected chi connectivity index (χ4v) is 5.74. The summed E-state index contributed by atoms with van der Waals surface area (Å²) in [6.45, 7) is 9.50. The summed E-state index contributed by atoms with van der Waals surface area (Å²) >= 11 is 4.46. The molecule has 0 radical (unpaired) electrons. The highest BCUT2D eigenvalue weighted by molar-refractivity contribution is 9.10. The van der Waals surface area contributed by atoms with Crippen LogP contribution in [0.5, 0.6) is 0 Å². The second kappa shape index (κ2) is 9.72. The number of hydrogen-bond donors (Lipinski definition) is 0. The van der Waals surface area contributed by atoms with Gasteiger partial charge in [0.1, 0.15) is 17.1 Å². The molecule has 1 amide bonds. The van der Waals surface area contributed by atoms with E-state index in [1.54, 1.807) is 25.1 Å². The maximum Gasteiger partial charge on any atom is 0.350 e. The van der Waals surface area contributed by atoms with Gasteiger partial charge in [-0.25, -0.2) is 9.78 Å². The van der Waals surface area contributed by atoms with E-state index in [4.69, 9.17) is 9.15 Å². The van der Waals surface area contributed by atoms with Gasteiger partial charge in [0, 0.05) is 4.47 Å². The normalized spacial score (nSPS) is 14.9. The van der Waals surface area contributed by atoms with Crippen LogP contribution < -0.4 is 10.3 Å². The van der Waals surface area contributed by atoms with Crippen LogP contribution in [-0.2, 0) is 4.74 Å². The zero-order chi connectivity index (χ0) is 26.4. The van der Waals surface area contributed by atoms with Crippen LogP contribution in [0.2, 0.25) is 0 Å². The SMILES string of the molecule is C=CCOC(=O)c1sc(N2C(=O)c3oc4ccc(Br)cc4c(=O)c3C2c2ccc(C(C)C)cc2)nc1C. The topological polar surface area (TPSA) is 89.7 Å². The molecule has 0 aliphatic carbocycles. The summed E-state index contributed by atoms with van der Waals surface area (Å²) in [6.07, 6.45) is 1.48. The molecule has 0 saturated carbocycles. The van der Waals surface area contributed by atoms with Crippen LogP contribution >= 0.6 is 27.3 Å². The Morgan fingerprint density at radius 3 is 2.65 bits per heavy atom. The predicted octanol–water partition coefficient (Wildman–Crippen LogP) is 6.54. The van der Waals surface area contributed by atoms with Gasteiger partial charge in [-0.1, -0.05) is 78.0 Å². The number of benzene rings is 2. The molecule has 2 aromatic heterocycles. The third-order valence-electron chi connectivity index (χ3n) is 6.26. The molecule has 3 heterocycles. The number of carbonyl (C=O) groups excluding carboxylic acids is 2. The molecule has 0 saturated heterocycles. The van der Waals surface area contributed by atoms with Gasteiger partial charge in [-0.3, -0.25) is 14.5 Å². The van der Waals surface area contributed by atoms with Crippen LogP contribution in [0.25, 0.3) is 11.0 Å². The van der Waals surface area contributed by atoms with Gasteiger partial charge in [0.2, 0.25) is 5.76 Å². The lowest BCUT2D eigenvalue weighted by atomic mass is 9.95. The number of rotatable bonds is 6. The summed E-state index contributed by atoms with van der Waals surface area (Å²) in [5, 5.41) is 0.651. The molecule has 37 heavy (non-hydrogen) atoms. The first-order chi connectivity index (χ1) is 17.7. The third kappa shape index (κ3) is 4.32. The van der Waals surface area contributed by atoms with Gasteiger partial charge in [-0.2, -0.15) is 0 Å². The highest BCUT2D eigenvalue weighted by atomic mass is 79.9. The molecule has 9 heteroatoms. The summed E-state index contributed by atoms with van der Waals surface area (Å²) < 4.78 is 11.9. The number of ether oxygens (including phenoxy) is 1. The van der Waals surface area contributed by atoms with Crippen molar-refractivity contribution in [2.75, 3.05) is 11.5 Å². The lowest BCUT2D eigenvalue weighted by molar-refractivity contribution is 0.0554. The number of fused-ring (bicyclic) bond motifs is 2. The number of esters is 1. The Hall–Kier alpha value is -3.56. The Balaban J connectivity index is 1.71. The van der Waals surface area contributed by atoms with Crippen molar-refractivity contribution in [3.05, 3.63) is 103 Å². The van der Waals surface area contributed by atoms with Crippen LogP contribution in [-0.4, -0.2) is 23.5 Å². The van der Waals surface area contributed by atoms with E-state index in [0.29, 0.717) is 22.6 Å². The van der Waals surface area contributed by atoms with Gasteiger partial charge < -0.3 is 9.15 Å². The number of amides is 1. The van der Waals surface area contributed by atoms with Gasteiger partial charge in [-0.05, 0) is 42.2 Å². The summed E-state index contributed by atoms with van der Waals surface area (Å²) in [6, 6.07) is 12.1. The van der Waals surface area contributed by atoms with Gasteiger partial charge in [0.15, 0.2) is 10.6 Å². The Morgan fingerprint density at radius 1 is 1.24 bits per heavy atom. The number of nitrogens with zero attached hydrogens (tertiary/aromatic N) is 2. The van der Waals surface area contributed by atoms with Crippen LogP contribution in [0.3, 0.4) is 0 Å². The predicted molar refractivity (Wildman–Crippen MR) is 147 cm³/mol. The molecule has 0 bridgehead atoms. The van der Waals surface area contributed by atoms with E-state index < -0.39 is 17.9 Å². The molecule has 1 unspecified atom stereocenters. The van der Waals surface area contributed by atoms with E-state index in [2.05, 4.69) is 41.3 Å². The smallest absolute Gasteiger partial charge is 0.350 e. The second-order valence-corrected chi connectivity index (χ2v) is 10.9. The molecule has 1 atom stereocenters. The molecule has 1 aliphatic heterocycles. The standard InChI is InChI=1S/C28H23BrN2O5S/c1-5-12-35-27(34)25-15(4)30-28(37-25)31-22(17-8-6-16(7-9-17)14(2)3)21-23(32)19-13-18(29)10-11-20(19)36-24(21)26(31)33/h5-11,13-14,22H,1,12H2,2-4H3. The molecular formula is C28H23BrN2O5S. The molecule has 0 fully saturated rings. The number of aryl methyl sites for hydroxylation is 1. The van der Waals surface area contributed by atoms with Gasteiger partial charge >= 0.3 is 5.97 Å². The summed E-state index contributed by atoms with van der Waals surface area (Å²) in [5.41, 5.74) is 2.58. The zero-order valence-corrected chi connectivity index (χ0v) is 22.8. The van der Waals surface area contributed by atoms with Crippen LogP contribution in [0, 0.1) is 6.92 Å². The van der Waals surface area contributed by atoms with Crippen molar-refractivity contribution in [2.24, 2.45) is 0 Å². The maximum absolute atomic E-state index is 13.8. The van der Waals surface area contributed by atoms with E-state index in [9.17, 15) is 14.4 Å². The third-order valence-corrected chi connectivity index (χ3v) is 7.89. The lowest BCUT2D eigenvalue weighted by Crippen LogP contribution is -2.29. The highest BCUT2D eigenvalue weighted by Gasteiger charge is 2.45. The zero-order valence-electron chi connectivity index (χ0n) is 20.4. The van der Waals surface area contributed by atoms with E-state index in [1.165, 1.54) is 11.0 Å². The summed E-state index contributed by atoms with van der Waals surface area (Å²) in [4.78, 5) is 46.4. The fourth-order valence-electron chi connectivity index (χ4n) is 4.40. The Bertz CT molecular complexity index is 1620. The molecule has 5 rings (SSSR count). The Morgan fingerprint density at radius 2 is 1.97 bits per heavy atom. The van der Waals surface area contributed by atoms with Crippen molar-refractivity contribution < 1.29 is 18.7 Å². The number of carbonyl (C=O) groups is 2. The first-order valence-corrected chi connectivity index (χ1v) is 13.3. The largest absolute Gasteiger partial charge is 0.457 e. The van der Waals surface area contributed by atoms with Gasteiger partial charge in [0.05, 0.1) is 22.7 Å². The van der Waals surface area contributed by atoms with E-state index in [1.807, 2.05) is 24.3 Å². The van der Waals surface area contributed by atoms with Gasteiger partial charge in [0.25, 0.3) is 5.91 Å². The molecule has 1 aliphatic rings. The number of halogens is 1. The average molecular weight is 579 g/mol. The summed E-state index contributed by atoms with van der Waals surface area (Å²) in [5.74, 6) is -0.747. The van der Waals surface area contributed by atoms with Crippen molar-refractivity contribution in [1.29, 1.82) is 0 Å². The van der Waals surface area contributed by atoms with Crippen molar-refractivity contribution in [3.63, 3.8) is 0 Å². The highest BCUT2D eigenvalue weighted by Crippen LogP contribution is 2.43. The number of hydrogen-bond acceptors (Lipinski definition) is 7. The quantitative estimate of drug-likeness (QED) is 0.191. The average Bonchev–Trinajstić information content (AvgIpc) is 3.40. The summed E-state index contributed by atoms with van der Waals surface area (Å²) in [7, 11) is 0. The molecule has 0 spiro atoms. The van der Waals surface area contributed by atoms with Crippen LogP contribution in [0.15, 0.2) is 68.8 Å². The molecule has 2 aromatic carbocycles. The number of anilines is 1. The minimum atomic E-state index is -0.772. The minimum Gasteiger partial charge on any atom is -0.457 e. The molecular weight excluding hydrogens is 556 g/mol. The second-order valence-electron chi connectivity index (χ2n) is 9.01. The van der Waals surface area contributed by atoms with Crippen molar-refractivity contribution in [2.45, 2.75) is 32.7 Å². The number of thiazole rings is 1. The van der Waals surface area contributed by atoms with Crippen molar-refractivity contribution >= 4 is 55.2 Å². The molecule has 188 valence electrons. The van der Waals surface area contributed by atoms with Crippen LogP contribution in [0.1, 0.15) is 68.4 Å². The van der Waals surface area contributed by atoms with E-state index >= 15 is 0 Å². The van der Waals surface area contributed by atoms with E-state index in [0.717, 1.165) is 26.9 Å². The Labute approximate surface area is 225 Å². The van der Waals surface area contributed by atoms with Gasteiger partial charge in [-0.15, -0.1) is 0 Å². The number of aromatic nitrogens is 1. The van der Waals surface area contributed by atoms with E-state index in [-0.39, 0.29) is 33.4 Å². The van der Waals surface area contributed by atoms with Crippen LogP contribution in [0.4, 0.5) is 5.13 Å². The molecule has 4 aromatic rings. The molecule has 7 nitrogen and oxygen atoms in total. The fraction of sp³-hybridized carbons (Fsp3) is 0.214. The van der Waals surface area contributed by atoms with Crippen molar-refractivity contribution in [1.82, 2.24) is 4.98 Å². The lowest BCUT2D eigenvalue weighted by Gasteiger charge is -2.23. The van der Waals surface area contributed by atoms with Crippen molar-refractivity contribution in [3.8, 4) is 0 Å². The maximum atomic E-state index is 13.8. The first-order valence-electron chi connectivity index (χ1n) is 11.7.